The fraction of sp³-hybridized carbons (Fsp3) is 0.471. The zero-order chi connectivity index (χ0) is 14.8. The monoisotopic (exact) mass is 271 g/mol. The zero-order valence-electron chi connectivity index (χ0n) is 12.9. The van der Waals surface area contributed by atoms with Crippen LogP contribution in [-0.2, 0) is 0 Å². The molecular formula is C17H25N3. The minimum absolute atomic E-state index is 0.187. The Morgan fingerprint density at radius 3 is 2.60 bits per heavy atom. The number of benzene rings is 1. The Bertz CT molecular complexity index is 584. The summed E-state index contributed by atoms with van der Waals surface area (Å²) in [6, 6.07) is 8.52. The number of nitrogens with zero attached hydrogens (tertiary/aromatic N) is 1. The molecule has 1 aromatic carbocycles. The van der Waals surface area contributed by atoms with Gasteiger partial charge in [0.1, 0.15) is 0 Å². The van der Waals surface area contributed by atoms with E-state index in [9.17, 15) is 0 Å². The van der Waals surface area contributed by atoms with Gasteiger partial charge in [-0.05, 0) is 17.9 Å². The molecular weight excluding hydrogens is 246 g/mol. The van der Waals surface area contributed by atoms with Gasteiger partial charge in [-0.25, -0.2) is 0 Å². The molecule has 1 unspecified atom stereocenters. The Morgan fingerprint density at radius 1 is 1.25 bits per heavy atom. The maximum atomic E-state index is 6.15. The Balaban J connectivity index is 2.44. The van der Waals surface area contributed by atoms with E-state index in [4.69, 9.17) is 5.73 Å². The van der Waals surface area contributed by atoms with Crippen molar-refractivity contribution in [3.8, 4) is 0 Å². The number of nitrogen functional groups attached to an aromatic ring is 1. The molecule has 20 heavy (non-hydrogen) atoms. The number of aromatic nitrogens is 1. The van der Waals surface area contributed by atoms with E-state index >= 15 is 0 Å². The summed E-state index contributed by atoms with van der Waals surface area (Å²) in [4.78, 5) is 4.39. The third kappa shape index (κ3) is 3.03. The van der Waals surface area contributed by atoms with Crippen molar-refractivity contribution in [2.75, 3.05) is 11.1 Å². The van der Waals surface area contributed by atoms with Gasteiger partial charge in [0.15, 0.2) is 0 Å². The van der Waals surface area contributed by atoms with Gasteiger partial charge in [0.05, 0.1) is 23.1 Å². The van der Waals surface area contributed by atoms with E-state index in [1.807, 2.05) is 18.2 Å². The van der Waals surface area contributed by atoms with Crippen LogP contribution in [-0.4, -0.2) is 11.0 Å². The van der Waals surface area contributed by atoms with Gasteiger partial charge in [0.25, 0.3) is 0 Å². The van der Waals surface area contributed by atoms with Crippen molar-refractivity contribution in [3.63, 3.8) is 0 Å². The summed E-state index contributed by atoms with van der Waals surface area (Å²) in [6.45, 7) is 9.01. The minimum atomic E-state index is 0.187. The molecule has 0 aliphatic rings. The van der Waals surface area contributed by atoms with Gasteiger partial charge >= 0.3 is 0 Å². The van der Waals surface area contributed by atoms with Gasteiger partial charge in [-0.15, -0.1) is 0 Å². The maximum absolute atomic E-state index is 6.15. The van der Waals surface area contributed by atoms with Crippen LogP contribution in [0.15, 0.2) is 30.5 Å². The predicted octanol–water partition coefficient (Wildman–Crippen LogP) is 4.44. The number of nitrogens with two attached hydrogens (primary N) is 1. The summed E-state index contributed by atoms with van der Waals surface area (Å²) >= 11 is 0. The number of hydrogen-bond donors (Lipinski definition) is 2. The molecule has 0 radical (unpaired) electrons. The van der Waals surface area contributed by atoms with Crippen LogP contribution in [0.4, 0.5) is 11.4 Å². The van der Waals surface area contributed by atoms with Crippen LogP contribution in [0.3, 0.4) is 0 Å². The lowest BCUT2D eigenvalue weighted by Crippen LogP contribution is -2.34. The molecule has 1 aromatic heterocycles. The summed E-state index contributed by atoms with van der Waals surface area (Å²) in [7, 11) is 0. The molecule has 108 valence electrons. The summed E-state index contributed by atoms with van der Waals surface area (Å²) in [6.07, 6.45) is 4.02. The number of fused-ring (bicyclic) bond motifs is 1. The number of pyridine rings is 1. The van der Waals surface area contributed by atoms with Crippen molar-refractivity contribution >= 4 is 22.3 Å². The zero-order valence-corrected chi connectivity index (χ0v) is 12.9. The van der Waals surface area contributed by atoms with Gasteiger partial charge < -0.3 is 11.1 Å². The number of nitrogens with one attached hydrogen (secondary N) is 1. The molecule has 0 aliphatic carbocycles. The number of para-hydroxylation sites is 1. The van der Waals surface area contributed by atoms with Crippen LogP contribution < -0.4 is 11.1 Å². The van der Waals surface area contributed by atoms with Gasteiger partial charge in [0, 0.05) is 11.4 Å². The third-order valence-corrected chi connectivity index (χ3v) is 3.75. The molecule has 1 heterocycles. The second-order valence-electron chi connectivity index (χ2n) is 6.46. The van der Waals surface area contributed by atoms with Gasteiger partial charge in [-0.3, -0.25) is 4.98 Å². The quantitative estimate of drug-likeness (QED) is 0.864. The van der Waals surface area contributed by atoms with E-state index in [0.717, 1.165) is 29.4 Å². The van der Waals surface area contributed by atoms with Crippen LogP contribution in [0.2, 0.25) is 0 Å². The number of rotatable bonds is 4. The van der Waals surface area contributed by atoms with Crippen molar-refractivity contribution in [1.29, 1.82) is 0 Å². The van der Waals surface area contributed by atoms with Crippen LogP contribution in [0.1, 0.15) is 40.5 Å². The lowest BCUT2D eigenvalue weighted by molar-refractivity contribution is 0.324. The highest BCUT2D eigenvalue weighted by Crippen LogP contribution is 2.33. The summed E-state index contributed by atoms with van der Waals surface area (Å²) in [5.41, 5.74) is 9.05. The first-order chi connectivity index (χ1) is 9.43. The third-order valence-electron chi connectivity index (χ3n) is 3.75. The van der Waals surface area contributed by atoms with Gasteiger partial charge in [-0.1, -0.05) is 52.3 Å². The van der Waals surface area contributed by atoms with E-state index in [1.165, 1.54) is 0 Å². The summed E-state index contributed by atoms with van der Waals surface area (Å²) in [5, 5.41) is 4.76. The van der Waals surface area contributed by atoms with Crippen molar-refractivity contribution in [2.24, 2.45) is 5.41 Å². The van der Waals surface area contributed by atoms with Crippen LogP contribution in [0, 0.1) is 5.41 Å². The second kappa shape index (κ2) is 5.70. The second-order valence-corrected chi connectivity index (χ2v) is 6.46. The largest absolute Gasteiger partial charge is 0.396 e. The van der Waals surface area contributed by atoms with Crippen molar-refractivity contribution in [3.05, 3.63) is 30.5 Å². The molecule has 3 N–H and O–H groups in total. The maximum Gasteiger partial charge on any atom is 0.0743 e. The van der Waals surface area contributed by atoms with Crippen LogP contribution >= 0.6 is 0 Å². The number of anilines is 2. The van der Waals surface area contributed by atoms with Crippen molar-refractivity contribution in [1.82, 2.24) is 4.98 Å². The highest BCUT2D eigenvalue weighted by Gasteiger charge is 2.24. The first kappa shape index (κ1) is 14.6. The smallest absolute Gasteiger partial charge is 0.0743 e. The Labute approximate surface area is 121 Å². The molecule has 0 saturated heterocycles. The van der Waals surface area contributed by atoms with E-state index in [0.29, 0.717) is 11.7 Å². The molecule has 0 amide bonds. The summed E-state index contributed by atoms with van der Waals surface area (Å²) in [5.74, 6) is 0. The molecule has 2 rings (SSSR count). The minimum Gasteiger partial charge on any atom is -0.396 e. The molecule has 0 fully saturated rings. The average Bonchev–Trinajstić information content (AvgIpc) is 2.40. The fourth-order valence-electron chi connectivity index (χ4n) is 2.50. The Kier molecular flexibility index (Phi) is 4.17. The molecule has 3 heteroatoms. The van der Waals surface area contributed by atoms with Crippen molar-refractivity contribution < 1.29 is 0 Å². The Morgan fingerprint density at radius 2 is 1.95 bits per heavy atom. The average molecular weight is 271 g/mol. The van der Waals surface area contributed by atoms with Gasteiger partial charge in [0.2, 0.25) is 0 Å². The molecule has 3 nitrogen and oxygen atoms in total. The summed E-state index contributed by atoms with van der Waals surface area (Å²) < 4.78 is 0. The van der Waals surface area contributed by atoms with E-state index in [1.54, 1.807) is 6.20 Å². The highest BCUT2D eigenvalue weighted by atomic mass is 15.0. The SMILES string of the molecule is CCCC(Nc1c(N)cnc2ccccc12)C(C)(C)C. The molecule has 0 spiro atoms. The predicted molar refractivity (Wildman–Crippen MR) is 87.9 cm³/mol. The lowest BCUT2D eigenvalue weighted by atomic mass is 9.84. The van der Waals surface area contributed by atoms with E-state index < -0.39 is 0 Å². The standard InChI is InChI=1S/C17H25N3/c1-5-8-15(17(2,3)4)20-16-12-9-6-7-10-14(12)19-11-13(16)18/h6-7,9-11,15H,5,8,18H2,1-4H3,(H,19,20). The van der Waals surface area contributed by atoms with Crippen LogP contribution in [0.5, 0.6) is 0 Å². The van der Waals surface area contributed by atoms with E-state index in [-0.39, 0.29) is 5.41 Å². The van der Waals surface area contributed by atoms with Gasteiger partial charge in [-0.2, -0.15) is 0 Å². The molecule has 1 atom stereocenters. The topological polar surface area (TPSA) is 50.9 Å². The fourth-order valence-corrected chi connectivity index (χ4v) is 2.50. The first-order valence-corrected chi connectivity index (χ1v) is 7.33. The van der Waals surface area contributed by atoms with Crippen molar-refractivity contribution in [2.45, 2.75) is 46.6 Å². The molecule has 2 aromatic rings. The normalized spacial score (nSPS) is 13.4. The first-order valence-electron chi connectivity index (χ1n) is 7.33. The van der Waals surface area contributed by atoms with Crippen LogP contribution in [0.25, 0.3) is 10.9 Å². The Hall–Kier alpha value is -1.77. The van der Waals surface area contributed by atoms with E-state index in [2.05, 4.69) is 44.1 Å². The molecule has 0 bridgehead atoms. The molecule has 0 saturated carbocycles. The number of hydrogen-bond acceptors (Lipinski definition) is 3. The highest BCUT2D eigenvalue weighted by molar-refractivity contribution is 5.96. The lowest BCUT2D eigenvalue weighted by Gasteiger charge is -2.33. The molecule has 0 aliphatic heterocycles.